The fourth-order valence-electron chi connectivity index (χ4n) is 3.16. The van der Waals surface area contributed by atoms with Gasteiger partial charge in [-0.1, -0.05) is 12.1 Å². The SMILES string of the molecule is Cc1cc(C(=O)COc2ncnc3ccccc23)c(C)n1C(C)C. The van der Waals surface area contributed by atoms with Crippen LogP contribution >= 0.6 is 0 Å². The van der Waals surface area contributed by atoms with Crippen molar-refractivity contribution in [1.82, 2.24) is 14.5 Å². The van der Waals surface area contributed by atoms with Gasteiger partial charge >= 0.3 is 0 Å². The molecule has 0 atom stereocenters. The smallest absolute Gasteiger partial charge is 0.224 e. The molecule has 0 fully saturated rings. The zero-order valence-corrected chi connectivity index (χ0v) is 14.4. The van der Waals surface area contributed by atoms with E-state index in [0.717, 1.165) is 22.3 Å². The maximum atomic E-state index is 12.6. The molecule has 2 aromatic heterocycles. The Kier molecular flexibility index (Phi) is 4.34. The second kappa shape index (κ2) is 6.43. The molecule has 0 saturated heterocycles. The van der Waals surface area contributed by atoms with Crippen LogP contribution in [0, 0.1) is 13.8 Å². The van der Waals surface area contributed by atoms with Crippen LogP contribution in [0.3, 0.4) is 0 Å². The van der Waals surface area contributed by atoms with E-state index in [9.17, 15) is 4.79 Å². The predicted molar refractivity (Wildman–Crippen MR) is 93.7 cm³/mol. The topological polar surface area (TPSA) is 57.0 Å². The van der Waals surface area contributed by atoms with Gasteiger partial charge in [0.1, 0.15) is 6.33 Å². The van der Waals surface area contributed by atoms with Crippen LogP contribution in [-0.2, 0) is 0 Å². The van der Waals surface area contributed by atoms with Crippen LogP contribution < -0.4 is 4.74 Å². The number of para-hydroxylation sites is 1. The van der Waals surface area contributed by atoms with Crippen molar-refractivity contribution in [2.45, 2.75) is 33.7 Å². The summed E-state index contributed by atoms with van der Waals surface area (Å²) < 4.78 is 7.85. The highest BCUT2D eigenvalue weighted by Gasteiger charge is 2.18. The van der Waals surface area contributed by atoms with E-state index in [1.165, 1.54) is 6.33 Å². The maximum absolute atomic E-state index is 12.6. The molecule has 24 heavy (non-hydrogen) atoms. The molecular weight excluding hydrogens is 302 g/mol. The summed E-state index contributed by atoms with van der Waals surface area (Å²) in [5.74, 6) is 0.393. The molecule has 5 nitrogen and oxygen atoms in total. The third-order valence-electron chi connectivity index (χ3n) is 4.15. The Hall–Kier alpha value is -2.69. The van der Waals surface area contributed by atoms with Gasteiger partial charge in [0.15, 0.2) is 6.61 Å². The van der Waals surface area contributed by atoms with Crippen molar-refractivity contribution in [2.75, 3.05) is 6.61 Å². The number of fused-ring (bicyclic) bond motifs is 1. The van der Waals surface area contributed by atoms with E-state index in [2.05, 4.69) is 28.4 Å². The van der Waals surface area contributed by atoms with Crippen LogP contribution in [0.25, 0.3) is 10.9 Å². The van der Waals surface area contributed by atoms with Crippen molar-refractivity contribution >= 4 is 16.7 Å². The van der Waals surface area contributed by atoms with Crippen LogP contribution in [0.15, 0.2) is 36.7 Å². The summed E-state index contributed by atoms with van der Waals surface area (Å²) in [6.45, 7) is 8.17. The summed E-state index contributed by atoms with van der Waals surface area (Å²) in [6, 6.07) is 9.83. The number of aromatic nitrogens is 3. The molecule has 0 aliphatic carbocycles. The van der Waals surface area contributed by atoms with Crippen molar-refractivity contribution in [3.63, 3.8) is 0 Å². The maximum Gasteiger partial charge on any atom is 0.224 e. The molecule has 0 aliphatic heterocycles. The highest BCUT2D eigenvalue weighted by Crippen LogP contribution is 2.23. The molecule has 0 aliphatic rings. The Morgan fingerprint density at radius 3 is 2.67 bits per heavy atom. The number of carbonyl (C=O) groups is 1. The largest absolute Gasteiger partial charge is 0.469 e. The van der Waals surface area contributed by atoms with Gasteiger partial charge in [-0.25, -0.2) is 9.97 Å². The molecule has 0 N–H and O–H groups in total. The number of rotatable bonds is 5. The second-order valence-electron chi connectivity index (χ2n) is 6.16. The molecule has 1 aromatic carbocycles. The summed E-state index contributed by atoms with van der Waals surface area (Å²) in [7, 11) is 0. The van der Waals surface area contributed by atoms with E-state index in [1.807, 2.05) is 44.2 Å². The third kappa shape index (κ3) is 2.89. The van der Waals surface area contributed by atoms with Gasteiger partial charge in [0.2, 0.25) is 11.7 Å². The molecule has 0 radical (unpaired) electrons. The van der Waals surface area contributed by atoms with Crippen molar-refractivity contribution in [3.8, 4) is 5.88 Å². The second-order valence-corrected chi connectivity index (χ2v) is 6.16. The highest BCUT2D eigenvalue weighted by atomic mass is 16.5. The van der Waals surface area contributed by atoms with Crippen LogP contribution in [0.4, 0.5) is 0 Å². The highest BCUT2D eigenvalue weighted by molar-refractivity contribution is 5.98. The average molecular weight is 323 g/mol. The number of Topliss-reactive ketones (excluding diaryl/α,β-unsaturated/α-hetero) is 1. The molecule has 3 rings (SSSR count). The Morgan fingerprint density at radius 1 is 1.21 bits per heavy atom. The number of hydrogen-bond acceptors (Lipinski definition) is 4. The molecule has 2 heterocycles. The Bertz CT molecular complexity index is 892. The lowest BCUT2D eigenvalue weighted by Gasteiger charge is -2.13. The molecule has 0 amide bonds. The Morgan fingerprint density at radius 2 is 1.96 bits per heavy atom. The monoisotopic (exact) mass is 323 g/mol. The van der Waals surface area contributed by atoms with Gasteiger partial charge in [0, 0.05) is 23.0 Å². The summed E-state index contributed by atoms with van der Waals surface area (Å²) in [5.41, 5.74) is 3.56. The van der Waals surface area contributed by atoms with Crippen molar-refractivity contribution in [3.05, 3.63) is 53.6 Å². The van der Waals surface area contributed by atoms with E-state index in [0.29, 0.717) is 17.5 Å². The minimum atomic E-state index is -0.0438. The van der Waals surface area contributed by atoms with Gasteiger partial charge in [-0.3, -0.25) is 4.79 Å². The molecule has 0 bridgehead atoms. The average Bonchev–Trinajstić information content (AvgIpc) is 2.87. The van der Waals surface area contributed by atoms with E-state index < -0.39 is 0 Å². The molecule has 3 aromatic rings. The zero-order valence-electron chi connectivity index (χ0n) is 14.4. The van der Waals surface area contributed by atoms with Gasteiger partial charge in [-0.15, -0.1) is 0 Å². The standard InChI is InChI=1S/C19H21N3O2/c1-12(2)22-13(3)9-16(14(22)4)18(23)10-24-19-15-7-5-6-8-17(15)20-11-21-19/h5-9,11-12H,10H2,1-4H3. The first-order valence-electron chi connectivity index (χ1n) is 8.03. The first-order valence-corrected chi connectivity index (χ1v) is 8.03. The van der Waals surface area contributed by atoms with Crippen LogP contribution in [0.2, 0.25) is 0 Å². The Balaban J connectivity index is 1.82. The quantitative estimate of drug-likeness (QED) is 0.668. The molecule has 124 valence electrons. The van der Waals surface area contributed by atoms with Gasteiger partial charge in [-0.05, 0) is 45.9 Å². The summed E-state index contributed by atoms with van der Waals surface area (Å²) in [5, 5.41) is 0.806. The van der Waals surface area contributed by atoms with Crippen LogP contribution in [-0.4, -0.2) is 26.9 Å². The Labute approximate surface area is 141 Å². The number of benzene rings is 1. The number of nitrogens with zero attached hydrogens (tertiary/aromatic N) is 3. The number of hydrogen-bond donors (Lipinski definition) is 0. The zero-order chi connectivity index (χ0) is 17.3. The number of aryl methyl sites for hydroxylation is 1. The van der Waals surface area contributed by atoms with Crippen LogP contribution in [0.1, 0.15) is 41.6 Å². The summed E-state index contributed by atoms with van der Waals surface area (Å²) >= 11 is 0. The summed E-state index contributed by atoms with van der Waals surface area (Å²) in [4.78, 5) is 20.9. The number of ether oxygens (including phenoxy) is 1. The van der Waals surface area contributed by atoms with Gasteiger partial charge in [-0.2, -0.15) is 0 Å². The van der Waals surface area contributed by atoms with E-state index in [1.54, 1.807) is 0 Å². The molecule has 0 unspecified atom stereocenters. The van der Waals surface area contributed by atoms with Crippen LogP contribution in [0.5, 0.6) is 5.88 Å². The number of carbonyl (C=O) groups excluding carboxylic acids is 1. The van der Waals surface area contributed by atoms with Crippen molar-refractivity contribution < 1.29 is 9.53 Å². The lowest BCUT2D eigenvalue weighted by atomic mass is 10.1. The first kappa shape index (κ1) is 16.2. The minimum absolute atomic E-state index is 0.0383. The molecule has 0 spiro atoms. The molecular formula is C19H21N3O2. The van der Waals surface area contributed by atoms with E-state index >= 15 is 0 Å². The van der Waals surface area contributed by atoms with Gasteiger partial charge < -0.3 is 9.30 Å². The predicted octanol–water partition coefficient (Wildman–Crippen LogP) is 3.89. The summed E-state index contributed by atoms with van der Waals surface area (Å²) in [6.07, 6.45) is 1.45. The number of ketones is 1. The fourth-order valence-corrected chi connectivity index (χ4v) is 3.16. The van der Waals surface area contributed by atoms with Crippen molar-refractivity contribution in [2.24, 2.45) is 0 Å². The minimum Gasteiger partial charge on any atom is -0.469 e. The van der Waals surface area contributed by atoms with Gasteiger partial charge in [0.05, 0.1) is 10.9 Å². The van der Waals surface area contributed by atoms with E-state index in [4.69, 9.17) is 4.74 Å². The first-order chi connectivity index (χ1) is 11.5. The fraction of sp³-hybridized carbons (Fsp3) is 0.316. The molecule has 5 heteroatoms. The lowest BCUT2D eigenvalue weighted by Crippen LogP contribution is -2.14. The van der Waals surface area contributed by atoms with E-state index in [-0.39, 0.29) is 12.4 Å². The molecule has 0 saturated carbocycles. The van der Waals surface area contributed by atoms with Gasteiger partial charge in [0.25, 0.3) is 0 Å². The normalized spacial score (nSPS) is 11.2. The third-order valence-corrected chi connectivity index (χ3v) is 4.15. The van der Waals surface area contributed by atoms with Crippen molar-refractivity contribution in [1.29, 1.82) is 0 Å². The lowest BCUT2D eigenvalue weighted by molar-refractivity contribution is 0.0918.